The number of hydrogen-bond donors (Lipinski definition) is 1. The molecule has 1 amide bonds. The maximum atomic E-state index is 15.2. The van der Waals surface area contributed by atoms with Crippen molar-refractivity contribution in [2.24, 2.45) is 0 Å². The summed E-state index contributed by atoms with van der Waals surface area (Å²) in [6.45, 7) is 2.25. The van der Waals surface area contributed by atoms with Crippen molar-refractivity contribution in [2.75, 3.05) is 19.5 Å². The van der Waals surface area contributed by atoms with E-state index in [1.807, 2.05) is 6.92 Å². The minimum absolute atomic E-state index is 0.0102. The van der Waals surface area contributed by atoms with Gasteiger partial charge in [0.05, 0.1) is 31.6 Å². The van der Waals surface area contributed by atoms with E-state index >= 15 is 4.39 Å². The molecule has 0 saturated heterocycles. The van der Waals surface area contributed by atoms with Gasteiger partial charge in [0, 0.05) is 35.9 Å². The number of halogens is 2. The van der Waals surface area contributed by atoms with Gasteiger partial charge in [-0.2, -0.15) is 0 Å². The van der Waals surface area contributed by atoms with Crippen LogP contribution in [0.3, 0.4) is 0 Å². The fourth-order valence-corrected chi connectivity index (χ4v) is 4.72. The van der Waals surface area contributed by atoms with Crippen LogP contribution < -0.4 is 35.5 Å². The summed E-state index contributed by atoms with van der Waals surface area (Å²) in [5.74, 6) is -0.726. The maximum Gasteiger partial charge on any atom is 0.417 e. The number of methoxy groups -OCH3 is 2. The summed E-state index contributed by atoms with van der Waals surface area (Å²) in [5.41, 5.74) is -0.948. The number of carbonyl (C=O) groups is 1. The van der Waals surface area contributed by atoms with Crippen LogP contribution in [0.15, 0.2) is 82.6 Å². The van der Waals surface area contributed by atoms with Gasteiger partial charge < -0.3 is 18.9 Å². The molecule has 0 radical (unpaired) electrons. The van der Waals surface area contributed by atoms with Crippen LogP contribution in [0.1, 0.15) is 26.2 Å². The van der Waals surface area contributed by atoms with Gasteiger partial charge in [0.15, 0.2) is 23.1 Å². The van der Waals surface area contributed by atoms with E-state index in [1.165, 1.54) is 49.2 Å². The lowest BCUT2D eigenvalue weighted by Gasteiger charge is -2.14. The van der Waals surface area contributed by atoms with Gasteiger partial charge in [0.1, 0.15) is 11.6 Å². The molecule has 238 valence electrons. The minimum Gasteiger partial charge on any atom is -0.493 e. The Morgan fingerprint density at radius 3 is 2.30 bits per heavy atom. The number of fused-ring (bicyclic) bond motifs is 1. The summed E-state index contributed by atoms with van der Waals surface area (Å²) in [6.07, 6.45) is 3.90. The van der Waals surface area contributed by atoms with Crippen LogP contribution in [0.4, 0.5) is 19.3 Å². The molecule has 5 aromatic rings. The third kappa shape index (κ3) is 6.83. The first-order valence-corrected chi connectivity index (χ1v) is 14.3. The number of ether oxygens (including phenoxy) is 4. The quantitative estimate of drug-likeness (QED) is 0.165. The van der Waals surface area contributed by atoms with Crippen LogP contribution in [-0.4, -0.2) is 34.4 Å². The number of nitrogens with zero attached hydrogens (tertiary/aromatic N) is 3. The number of amides is 1. The second kappa shape index (κ2) is 13.9. The molecule has 0 saturated carbocycles. The average molecular weight is 633 g/mol. The first-order valence-electron chi connectivity index (χ1n) is 14.3. The molecule has 0 unspecified atom stereocenters. The standard InChI is InChI=1S/C33H30F2N4O7/c1-4-5-6-15-38-19-30(31(40)39(33(38)42)22-10-7-20(34)8-11-22)46-32(41)37-21-9-12-27(24(35)16-21)45-26-13-14-36-25-18-29(44-3)28(43-2)17-23(25)26/h7-14,16-19H,4-6,15H2,1-3H3,(H,37,41). The number of nitrogens with one attached hydrogen (secondary N) is 1. The highest BCUT2D eigenvalue weighted by atomic mass is 19.1. The van der Waals surface area contributed by atoms with Gasteiger partial charge in [-0.3, -0.25) is 19.7 Å². The Labute approximate surface area is 261 Å². The molecular formula is C33H30F2N4O7. The number of aromatic nitrogens is 3. The predicted molar refractivity (Wildman–Crippen MR) is 167 cm³/mol. The molecule has 0 bridgehead atoms. The zero-order valence-corrected chi connectivity index (χ0v) is 25.2. The molecule has 0 fully saturated rings. The van der Waals surface area contributed by atoms with E-state index in [2.05, 4.69) is 10.3 Å². The monoisotopic (exact) mass is 632 g/mol. The Morgan fingerprint density at radius 1 is 0.870 bits per heavy atom. The normalized spacial score (nSPS) is 10.9. The van der Waals surface area contributed by atoms with Gasteiger partial charge in [0.2, 0.25) is 5.75 Å². The SMILES string of the molecule is CCCCCn1cc(OC(=O)Nc2ccc(Oc3ccnc4cc(OC)c(OC)cc34)c(F)c2)c(=O)n(-c2ccc(F)cc2)c1=O. The Kier molecular flexibility index (Phi) is 9.60. The molecule has 2 aromatic heterocycles. The van der Waals surface area contributed by atoms with Crippen molar-refractivity contribution in [1.82, 2.24) is 14.1 Å². The number of unbranched alkanes of at least 4 members (excludes halogenated alkanes) is 2. The lowest BCUT2D eigenvalue weighted by atomic mass is 10.2. The number of hydrogen-bond acceptors (Lipinski definition) is 8. The van der Waals surface area contributed by atoms with E-state index in [0.29, 0.717) is 34.6 Å². The topological polar surface area (TPSA) is 123 Å². The summed E-state index contributed by atoms with van der Waals surface area (Å²) in [6, 6.07) is 13.4. The van der Waals surface area contributed by atoms with E-state index in [0.717, 1.165) is 41.8 Å². The molecule has 0 spiro atoms. The molecule has 0 aliphatic heterocycles. The van der Waals surface area contributed by atoms with Gasteiger partial charge in [-0.05, 0) is 55.0 Å². The molecular weight excluding hydrogens is 602 g/mol. The van der Waals surface area contributed by atoms with Crippen molar-refractivity contribution in [2.45, 2.75) is 32.7 Å². The van der Waals surface area contributed by atoms with Crippen molar-refractivity contribution in [3.05, 3.63) is 106 Å². The number of benzene rings is 3. The number of aryl methyl sites for hydroxylation is 1. The number of carbonyl (C=O) groups excluding carboxylic acids is 1. The van der Waals surface area contributed by atoms with Crippen LogP contribution in [0.5, 0.6) is 28.7 Å². The molecule has 11 nitrogen and oxygen atoms in total. The number of rotatable bonds is 11. The van der Waals surface area contributed by atoms with Gasteiger partial charge >= 0.3 is 17.3 Å². The summed E-state index contributed by atoms with van der Waals surface area (Å²) in [7, 11) is 2.99. The molecule has 0 aliphatic carbocycles. The molecule has 5 rings (SSSR count). The van der Waals surface area contributed by atoms with Crippen LogP contribution >= 0.6 is 0 Å². The Bertz CT molecular complexity index is 2010. The predicted octanol–water partition coefficient (Wildman–Crippen LogP) is 6.44. The van der Waals surface area contributed by atoms with Crippen molar-refractivity contribution < 1.29 is 32.5 Å². The lowest BCUT2D eigenvalue weighted by Crippen LogP contribution is -2.39. The minimum atomic E-state index is -1.10. The van der Waals surface area contributed by atoms with E-state index in [4.69, 9.17) is 18.9 Å². The largest absolute Gasteiger partial charge is 0.493 e. The van der Waals surface area contributed by atoms with Crippen LogP contribution in [0, 0.1) is 11.6 Å². The third-order valence-corrected chi connectivity index (χ3v) is 7.02. The van der Waals surface area contributed by atoms with Crippen molar-refractivity contribution >= 4 is 22.7 Å². The van der Waals surface area contributed by atoms with Crippen molar-refractivity contribution in [1.29, 1.82) is 0 Å². The third-order valence-electron chi connectivity index (χ3n) is 7.02. The summed E-state index contributed by atoms with van der Waals surface area (Å²) in [5, 5.41) is 2.93. The van der Waals surface area contributed by atoms with Crippen LogP contribution in [0.2, 0.25) is 0 Å². The molecule has 13 heteroatoms. The van der Waals surface area contributed by atoms with Crippen LogP contribution in [-0.2, 0) is 6.54 Å². The Hall–Kier alpha value is -5.72. The average Bonchev–Trinajstić information content (AvgIpc) is 3.04. The summed E-state index contributed by atoms with van der Waals surface area (Å²) < 4.78 is 52.5. The molecule has 0 aliphatic rings. The zero-order chi connectivity index (χ0) is 32.8. The highest BCUT2D eigenvalue weighted by molar-refractivity contribution is 5.88. The van der Waals surface area contributed by atoms with Crippen molar-refractivity contribution in [3.8, 4) is 34.4 Å². The van der Waals surface area contributed by atoms with Gasteiger partial charge in [0.25, 0.3) is 0 Å². The van der Waals surface area contributed by atoms with E-state index in [-0.39, 0.29) is 23.7 Å². The summed E-state index contributed by atoms with van der Waals surface area (Å²) in [4.78, 5) is 43.5. The van der Waals surface area contributed by atoms with Gasteiger partial charge in [-0.25, -0.2) is 22.9 Å². The smallest absolute Gasteiger partial charge is 0.417 e. The second-order valence-electron chi connectivity index (χ2n) is 10.1. The first kappa shape index (κ1) is 31.7. The lowest BCUT2D eigenvalue weighted by molar-refractivity contribution is 0.213. The zero-order valence-electron chi connectivity index (χ0n) is 25.2. The first-order chi connectivity index (χ1) is 22.2. The molecule has 1 N–H and O–H groups in total. The molecule has 0 atom stereocenters. The highest BCUT2D eigenvalue weighted by Crippen LogP contribution is 2.37. The number of pyridine rings is 1. The van der Waals surface area contributed by atoms with Crippen LogP contribution in [0.25, 0.3) is 16.6 Å². The Balaban J connectivity index is 1.37. The molecule has 2 heterocycles. The number of anilines is 1. The molecule has 46 heavy (non-hydrogen) atoms. The Morgan fingerprint density at radius 2 is 1.61 bits per heavy atom. The fraction of sp³-hybridized carbons (Fsp3) is 0.212. The second-order valence-corrected chi connectivity index (χ2v) is 10.1. The maximum absolute atomic E-state index is 15.2. The van der Waals surface area contributed by atoms with Gasteiger partial charge in [-0.1, -0.05) is 19.8 Å². The van der Waals surface area contributed by atoms with Gasteiger partial charge in [-0.15, -0.1) is 0 Å². The van der Waals surface area contributed by atoms with E-state index < -0.39 is 34.7 Å². The highest BCUT2D eigenvalue weighted by Gasteiger charge is 2.19. The fourth-order valence-electron chi connectivity index (χ4n) is 4.72. The van der Waals surface area contributed by atoms with E-state index in [1.54, 1.807) is 18.2 Å². The summed E-state index contributed by atoms with van der Waals surface area (Å²) >= 11 is 0. The van der Waals surface area contributed by atoms with E-state index in [9.17, 15) is 18.8 Å². The van der Waals surface area contributed by atoms with Crippen molar-refractivity contribution in [3.63, 3.8) is 0 Å². The molecule has 3 aromatic carbocycles.